The normalized spacial score (nSPS) is 10.1. The van der Waals surface area contributed by atoms with Crippen LogP contribution in [0.25, 0.3) is 0 Å². The van der Waals surface area contributed by atoms with Crippen LogP contribution in [0.15, 0.2) is 48.5 Å². The third-order valence-electron chi connectivity index (χ3n) is 2.14. The Hall–Kier alpha value is -0.990. The monoisotopic (exact) mass is 296 g/mol. The molecule has 2 aromatic rings. The van der Waals surface area contributed by atoms with E-state index in [1.165, 1.54) is 0 Å². The van der Waals surface area contributed by atoms with E-state index in [9.17, 15) is 0 Å². The van der Waals surface area contributed by atoms with E-state index in [-0.39, 0.29) is 0 Å². The van der Waals surface area contributed by atoms with Gasteiger partial charge < -0.3 is 4.74 Å². The molecule has 0 atom stereocenters. The Bertz CT molecular complexity index is 485. The summed E-state index contributed by atoms with van der Waals surface area (Å²) >= 11 is 9.33. The van der Waals surface area contributed by atoms with E-state index in [4.69, 9.17) is 16.3 Å². The summed E-state index contributed by atoms with van der Waals surface area (Å²) < 4.78 is 5.77. The largest absolute Gasteiger partial charge is 0.457 e. The molecule has 1 nitrogen and oxygen atoms in total. The Morgan fingerprint density at radius 2 is 1.88 bits per heavy atom. The van der Waals surface area contributed by atoms with Gasteiger partial charge in [0.15, 0.2) is 0 Å². The molecule has 0 spiro atoms. The van der Waals surface area contributed by atoms with Crippen molar-refractivity contribution in [2.75, 3.05) is 0 Å². The van der Waals surface area contributed by atoms with Gasteiger partial charge in [0, 0.05) is 15.9 Å². The lowest BCUT2D eigenvalue weighted by molar-refractivity contribution is 0.478. The first-order valence-corrected chi connectivity index (χ1v) is 6.37. The highest BCUT2D eigenvalue weighted by molar-refractivity contribution is 9.08. The highest BCUT2D eigenvalue weighted by Gasteiger charge is 2.02. The number of ether oxygens (including phenoxy) is 1. The SMILES string of the molecule is Clc1cccc(Oc2ccccc2CBr)c1. The summed E-state index contributed by atoms with van der Waals surface area (Å²) in [6.07, 6.45) is 0. The summed E-state index contributed by atoms with van der Waals surface area (Å²) in [6.45, 7) is 0. The summed E-state index contributed by atoms with van der Waals surface area (Å²) in [5, 5.41) is 1.44. The molecule has 0 bridgehead atoms. The van der Waals surface area contributed by atoms with Gasteiger partial charge >= 0.3 is 0 Å². The molecule has 2 rings (SSSR count). The number of halogens is 2. The minimum atomic E-state index is 0.675. The second-order valence-corrected chi connectivity index (χ2v) is 4.30. The van der Waals surface area contributed by atoms with Crippen molar-refractivity contribution in [2.24, 2.45) is 0 Å². The Balaban J connectivity index is 2.26. The lowest BCUT2D eigenvalue weighted by Gasteiger charge is -2.09. The van der Waals surface area contributed by atoms with Crippen LogP contribution in [0.3, 0.4) is 0 Å². The second kappa shape index (κ2) is 5.37. The summed E-state index contributed by atoms with van der Waals surface area (Å²) in [7, 11) is 0. The van der Waals surface area contributed by atoms with Gasteiger partial charge in [-0.15, -0.1) is 0 Å². The molecule has 2 aromatic carbocycles. The van der Waals surface area contributed by atoms with E-state index in [1.807, 2.05) is 42.5 Å². The summed E-state index contributed by atoms with van der Waals surface area (Å²) in [5.74, 6) is 1.60. The standard InChI is InChI=1S/C13H10BrClO/c14-9-10-4-1-2-7-13(10)16-12-6-3-5-11(15)8-12/h1-8H,9H2. The number of rotatable bonds is 3. The second-order valence-electron chi connectivity index (χ2n) is 3.30. The molecule has 0 aliphatic rings. The molecule has 0 aromatic heterocycles. The van der Waals surface area contributed by atoms with Gasteiger partial charge in [-0.1, -0.05) is 51.8 Å². The zero-order valence-electron chi connectivity index (χ0n) is 8.49. The molecule has 16 heavy (non-hydrogen) atoms. The summed E-state index contributed by atoms with van der Waals surface area (Å²) in [6, 6.07) is 15.3. The fourth-order valence-electron chi connectivity index (χ4n) is 1.37. The molecular formula is C13H10BrClO. The zero-order chi connectivity index (χ0) is 11.4. The maximum atomic E-state index is 5.90. The Labute approximate surface area is 108 Å². The Kier molecular flexibility index (Phi) is 3.86. The third kappa shape index (κ3) is 2.77. The number of hydrogen-bond acceptors (Lipinski definition) is 1. The van der Waals surface area contributed by atoms with Crippen LogP contribution in [0.2, 0.25) is 5.02 Å². The van der Waals surface area contributed by atoms with Gasteiger partial charge in [0.25, 0.3) is 0 Å². The molecule has 0 heterocycles. The summed E-state index contributed by atoms with van der Waals surface area (Å²) in [5.41, 5.74) is 1.11. The highest BCUT2D eigenvalue weighted by atomic mass is 79.9. The smallest absolute Gasteiger partial charge is 0.131 e. The van der Waals surface area contributed by atoms with Crippen molar-refractivity contribution in [1.82, 2.24) is 0 Å². The van der Waals surface area contributed by atoms with Crippen molar-refractivity contribution in [1.29, 1.82) is 0 Å². The van der Waals surface area contributed by atoms with Crippen molar-refractivity contribution in [2.45, 2.75) is 5.33 Å². The average Bonchev–Trinajstić information content (AvgIpc) is 2.30. The van der Waals surface area contributed by atoms with Gasteiger partial charge in [0.05, 0.1) is 0 Å². The number of benzene rings is 2. The fraction of sp³-hybridized carbons (Fsp3) is 0.0769. The van der Waals surface area contributed by atoms with Gasteiger partial charge in [-0.2, -0.15) is 0 Å². The molecule has 0 amide bonds. The Morgan fingerprint density at radius 1 is 1.06 bits per heavy atom. The minimum Gasteiger partial charge on any atom is -0.457 e. The van der Waals surface area contributed by atoms with Crippen LogP contribution in [0.5, 0.6) is 11.5 Å². The third-order valence-corrected chi connectivity index (χ3v) is 2.98. The molecule has 0 saturated heterocycles. The van der Waals surface area contributed by atoms with Gasteiger partial charge in [0.1, 0.15) is 11.5 Å². The number of alkyl halides is 1. The average molecular weight is 298 g/mol. The molecule has 0 radical (unpaired) electrons. The molecule has 3 heteroatoms. The van der Waals surface area contributed by atoms with E-state index in [1.54, 1.807) is 6.07 Å². The van der Waals surface area contributed by atoms with Crippen molar-refractivity contribution in [3.05, 3.63) is 59.1 Å². The lowest BCUT2D eigenvalue weighted by atomic mass is 10.2. The van der Waals surface area contributed by atoms with Crippen LogP contribution in [0.1, 0.15) is 5.56 Å². The van der Waals surface area contributed by atoms with Crippen LogP contribution in [-0.2, 0) is 5.33 Å². The Morgan fingerprint density at radius 3 is 2.62 bits per heavy atom. The minimum absolute atomic E-state index is 0.675. The van der Waals surface area contributed by atoms with Crippen LogP contribution in [-0.4, -0.2) is 0 Å². The fourth-order valence-corrected chi connectivity index (χ4v) is 2.01. The molecule has 0 fully saturated rings. The maximum absolute atomic E-state index is 5.90. The van der Waals surface area contributed by atoms with Crippen molar-refractivity contribution >= 4 is 27.5 Å². The van der Waals surface area contributed by atoms with Crippen molar-refractivity contribution in [3.63, 3.8) is 0 Å². The molecular weight excluding hydrogens is 287 g/mol. The lowest BCUT2D eigenvalue weighted by Crippen LogP contribution is -1.88. The van der Waals surface area contributed by atoms with Crippen LogP contribution in [0.4, 0.5) is 0 Å². The van der Waals surface area contributed by atoms with Gasteiger partial charge in [-0.05, 0) is 24.3 Å². The van der Waals surface area contributed by atoms with Gasteiger partial charge in [-0.25, -0.2) is 0 Å². The topological polar surface area (TPSA) is 9.23 Å². The van der Waals surface area contributed by atoms with Crippen molar-refractivity contribution in [3.8, 4) is 11.5 Å². The number of hydrogen-bond donors (Lipinski definition) is 0. The van der Waals surface area contributed by atoms with Crippen LogP contribution >= 0.6 is 27.5 Å². The molecule has 0 aliphatic heterocycles. The first-order chi connectivity index (χ1) is 7.79. The molecule has 0 aliphatic carbocycles. The van der Waals surface area contributed by atoms with E-state index >= 15 is 0 Å². The van der Waals surface area contributed by atoms with Crippen molar-refractivity contribution < 1.29 is 4.74 Å². The van der Waals surface area contributed by atoms with E-state index in [0.29, 0.717) is 5.02 Å². The maximum Gasteiger partial charge on any atom is 0.131 e. The molecule has 82 valence electrons. The van der Waals surface area contributed by atoms with Crippen LogP contribution in [0, 0.1) is 0 Å². The molecule has 0 N–H and O–H groups in total. The predicted molar refractivity (Wildman–Crippen MR) is 70.6 cm³/mol. The highest BCUT2D eigenvalue weighted by Crippen LogP contribution is 2.28. The van der Waals surface area contributed by atoms with Crippen LogP contribution < -0.4 is 4.74 Å². The predicted octanol–water partition coefficient (Wildman–Crippen LogP) is 5.03. The first kappa shape index (κ1) is 11.5. The number of para-hydroxylation sites is 1. The molecule has 0 unspecified atom stereocenters. The van der Waals surface area contributed by atoms with Gasteiger partial charge in [0.2, 0.25) is 0 Å². The quantitative estimate of drug-likeness (QED) is 0.722. The molecule has 0 saturated carbocycles. The first-order valence-electron chi connectivity index (χ1n) is 4.87. The van der Waals surface area contributed by atoms with Gasteiger partial charge in [-0.3, -0.25) is 0 Å². The van der Waals surface area contributed by atoms with E-state index in [2.05, 4.69) is 15.9 Å². The zero-order valence-corrected chi connectivity index (χ0v) is 10.8. The summed E-state index contributed by atoms with van der Waals surface area (Å²) in [4.78, 5) is 0. The van der Waals surface area contributed by atoms with E-state index in [0.717, 1.165) is 22.4 Å². The van der Waals surface area contributed by atoms with E-state index < -0.39 is 0 Å².